The Morgan fingerprint density at radius 2 is 1.40 bits per heavy atom. The molecule has 3 heteroatoms. The Morgan fingerprint density at radius 3 is 1.40 bits per heavy atom. The third-order valence-corrected chi connectivity index (χ3v) is 0. The number of carboxylic acid groups (broad SMARTS) is 2. The van der Waals surface area contributed by atoms with Crippen molar-refractivity contribution in [2.45, 2.75) is 0 Å². The van der Waals surface area contributed by atoms with Gasteiger partial charge in [-0.3, -0.25) is 0 Å². The molecule has 2 radical (unpaired) electrons. The fraction of sp³-hybridized carbons (Fsp3) is 0. The molecule has 0 fully saturated rings. The van der Waals surface area contributed by atoms with Crippen LogP contribution in [0.1, 0.15) is 0 Å². The van der Waals surface area contributed by atoms with E-state index in [1.807, 2.05) is 0 Å². The molecule has 3 nitrogen and oxygen atoms in total. The van der Waals surface area contributed by atoms with E-state index < -0.39 is 6.16 Å². The molecule has 0 saturated carbocycles. The van der Waals surface area contributed by atoms with Crippen molar-refractivity contribution in [1.82, 2.24) is 0 Å². The molecule has 0 aromatic carbocycles. The summed E-state index contributed by atoms with van der Waals surface area (Å²) in [6.45, 7) is 0. The summed E-state index contributed by atoms with van der Waals surface area (Å²) in [4.78, 5) is 8.56. The largest absolute Gasteiger partial charge is 0.503 e. The van der Waals surface area contributed by atoms with Crippen molar-refractivity contribution in [2.75, 3.05) is 0 Å². The van der Waals surface area contributed by atoms with Crippen molar-refractivity contribution in [3.8, 4) is 0 Å². The van der Waals surface area contributed by atoms with Gasteiger partial charge in [-0.05, 0) is 0 Å². The van der Waals surface area contributed by atoms with Crippen LogP contribution < -0.4 is 0 Å². The molecule has 5 heavy (non-hydrogen) atoms. The van der Waals surface area contributed by atoms with Gasteiger partial charge in [0.1, 0.15) is 0 Å². The van der Waals surface area contributed by atoms with E-state index in [1.54, 1.807) is 0 Å². The molecule has 0 aliphatic carbocycles. The predicted molar refractivity (Wildman–Crippen MR) is 16.0 cm³/mol. The number of carbonyl (C=O) groups is 1. The van der Waals surface area contributed by atoms with E-state index in [9.17, 15) is 0 Å². The second-order valence-electron chi connectivity index (χ2n) is 0.283. The van der Waals surface area contributed by atoms with Crippen LogP contribution in [0.3, 0.4) is 0 Å². The molecule has 0 aliphatic rings. The second-order valence-corrected chi connectivity index (χ2v) is 0.283. The van der Waals surface area contributed by atoms with Gasteiger partial charge in [0, 0.05) is 0 Å². The molecule has 0 aromatic heterocycles. The molecule has 0 heterocycles. The van der Waals surface area contributed by atoms with Crippen LogP contribution in [0, 0.1) is 7.43 Å². The minimum atomic E-state index is -1.83. The van der Waals surface area contributed by atoms with Crippen molar-refractivity contribution < 1.29 is 15.0 Å². The summed E-state index contributed by atoms with van der Waals surface area (Å²) in [6, 6.07) is 0. The minimum absolute atomic E-state index is 0. The quantitative estimate of drug-likeness (QED) is 0.443. The highest BCUT2D eigenvalue weighted by Crippen LogP contribution is 1.42. The molecule has 0 bridgehead atoms. The monoisotopic (exact) mass is 76.0 g/mol. The van der Waals surface area contributed by atoms with E-state index in [4.69, 9.17) is 15.0 Å². The van der Waals surface area contributed by atoms with Gasteiger partial charge < -0.3 is 10.2 Å². The summed E-state index contributed by atoms with van der Waals surface area (Å²) in [5.41, 5.74) is 0. The van der Waals surface area contributed by atoms with Gasteiger partial charge in [-0.1, -0.05) is 7.43 Å². The average molecular weight is 76.1 g/mol. The molecule has 0 rings (SSSR count). The average Bonchev–Trinajstić information content (AvgIpc) is 0.811. The third kappa shape index (κ3) is 9.90. The maximum atomic E-state index is 8.56. The lowest BCUT2D eigenvalue weighted by Crippen LogP contribution is -1.81. The van der Waals surface area contributed by atoms with Crippen LogP contribution in [-0.4, -0.2) is 16.4 Å². The second kappa shape index (κ2) is 3.27. The molecule has 0 aliphatic heterocycles. The molecule has 0 spiro atoms. The molecule has 0 aromatic rings. The van der Waals surface area contributed by atoms with Crippen LogP contribution in [0.4, 0.5) is 4.79 Å². The fourth-order valence-corrected chi connectivity index (χ4v) is 0. The Kier molecular flexibility index (Phi) is 5.79. The van der Waals surface area contributed by atoms with Gasteiger partial charge in [-0.2, -0.15) is 0 Å². The van der Waals surface area contributed by atoms with Crippen LogP contribution in [0.15, 0.2) is 0 Å². The van der Waals surface area contributed by atoms with Crippen molar-refractivity contribution in [3.05, 3.63) is 7.43 Å². The Morgan fingerprint density at radius 1 is 1.40 bits per heavy atom. The van der Waals surface area contributed by atoms with E-state index in [2.05, 4.69) is 0 Å². The standard InChI is InChI=1S/CH2O3.CH2/c2-1(3)4;/h(H2,2,3,4);1H2. The Bertz CT molecular complexity index is 27.9. The molecule has 0 atom stereocenters. The smallest absolute Gasteiger partial charge is 0.450 e. The molecule has 2 N–H and O–H groups in total. The lowest BCUT2D eigenvalue weighted by atomic mass is 11.5. The first kappa shape index (κ1) is 8.86. The lowest BCUT2D eigenvalue weighted by Gasteiger charge is -1.60. The summed E-state index contributed by atoms with van der Waals surface area (Å²) < 4.78 is 0. The third-order valence-electron chi connectivity index (χ3n) is 0. The van der Waals surface area contributed by atoms with Gasteiger partial charge in [0.05, 0.1) is 0 Å². The highest BCUT2D eigenvalue weighted by molar-refractivity contribution is 5.53. The molecule has 0 unspecified atom stereocenters. The first-order valence-electron chi connectivity index (χ1n) is 0.651. The van der Waals surface area contributed by atoms with Crippen LogP contribution in [0.5, 0.6) is 0 Å². The summed E-state index contributed by atoms with van der Waals surface area (Å²) in [7, 11) is 0. The van der Waals surface area contributed by atoms with E-state index >= 15 is 0 Å². The van der Waals surface area contributed by atoms with Crippen molar-refractivity contribution in [3.63, 3.8) is 0 Å². The van der Waals surface area contributed by atoms with Crippen molar-refractivity contribution >= 4 is 6.16 Å². The highest BCUT2D eigenvalue weighted by atomic mass is 16.6. The first-order valence-corrected chi connectivity index (χ1v) is 0.651. The molecule has 0 amide bonds. The first-order chi connectivity index (χ1) is 1.73. The molecule has 30 valence electrons. The van der Waals surface area contributed by atoms with Crippen LogP contribution in [0.2, 0.25) is 0 Å². The summed E-state index contributed by atoms with van der Waals surface area (Å²) in [5.74, 6) is 0. The van der Waals surface area contributed by atoms with Crippen LogP contribution in [-0.2, 0) is 0 Å². The zero-order chi connectivity index (χ0) is 3.58. The topological polar surface area (TPSA) is 57.5 Å². The summed E-state index contributed by atoms with van der Waals surface area (Å²) in [5, 5.41) is 13.9. The predicted octanol–water partition coefficient (Wildman–Crippen LogP) is 0.550. The number of rotatable bonds is 0. The molecular weight excluding hydrogens is 72.0 g/mol. The normalized spacial score (nSPS) is 4.80. The zero-order valence-electron chi connectivity index (χ0n) is 2.51. The Balaban J connectivity index is 0. The zero-order valence-corrected chi connectivity index (χ0v) is 2.51. The van der Waals surface area contributed by atoms with E-state index in [0.29, 0.717) is 0 Å². The maximum absolute atomic E-state index is 8.56. The van der Waals surface area contributed by atoms with E-state index in [-0.39, 0.29) is 7.43 Å². The summed E-state index contributed by atoms with van der Waals surface area (Å²) >= 11 is 0. The van der Waals surface area contributed by atoms with Crippen molar-refractivity contribution in [1.29, 1.82) is 0 Å². The van der Waals surface area contributed by atoms with Gasteiger partial charge in [-0.15, -0.1) is 0 Å². The lowest BCUT2D eigenvalue weighted by molar-refractivity contribution is 0.137. The maximum Gasteiger partial charge on any atom is 0.503 e. The van der Waals surface area contributed by atoms with Gasteiger partial charge in [0.15, 0.2) is 0 Å². The van der Waals surface area contributed by atoms with E-state index in [0.717, 1.165) is 0 Å². The minimum Gasteiger partial charge on any atom is -0.450 e. The highest BCUT2D eigenvalue weighted by Gasteiger charge is 1.70. The van der Waals surface area contributed by atoms with E-state index in [1.165, 1.54) is 0 Å². The van der Waals surface area contributed by atoms with Gasteiger partial charge in [0.25, 0.3) is 0 Å². The summed E-state index contributed by atoms with van der Waals surface area (Å²) in [6.07, 6.45) is -1.83. The Labute approximate surface area is 29.9 Å². The van der Waals surface area contributed by atoms with Crippen molar-refractivity contribution in [2.24, 2.45) is 0 Å². The number of hydrogen-bond acceptors (Lipinski definition) is 1. The van der Waals surface area contributed by atoms with Gasteiger partial charge >= 0.3 is 6.16 Å². The van der Waals surface area contributed by atoms with Gasteiger partial charge in [-0.25, -0.2) is 4.79 Å². The Hall–Kier alpha value is -0.730. The molecular formula is C2H4O3. The fourth-order valence-electron chi connectivity index (χ4n) is 0. The number of hydrogen-bond donors (Lipinski definition) is 2. The van der Waals surface area contributed by atoms with Crippen LogP contribution in [0.25, 0.3) is 0 Å². The van der Waals surface area contributed by atoms with Crippen LogP contribution >= 0.6 is 0 Å². The van der Waals surface area contributed by atoms with Gasteiger partial charge in [0.2, 0.25) is 0 Å². The molecule has 0 saturated heterocycles. The SMILES string of the molecule is O=C(O)O.[CH2].